The number of oxime groups is 1. The predicted molar refractivity (Wildman–Crippen MR) is 73.8 cm³/mol. The first kappa shape index (κ1) is 13.9. The Kier molecular flexibility index (Phi) is 4.87. The molecule has 3 N–H and O–H groups in total. The molecule has 1 aromatic carbocycles. The second-order valence-electron chi connectivity index (χ2n) is 4.55. The molecule has 94 valence electrons. The number of rotatable bonds is 4. The molecule has 0 aromatic heterocycles. The molecule has 3 nitrogen and oxygen atoms in total. The molecule has 0 aliphatic heterocycles. The minimum absolute atomic E-state index is 0.170. The quantitative estimate of drug-likeness (QED) is 0.284. The van der Waals surface area contributed by atoms with Crippen molar-refractivity contribution in [2.45, 2.75) is 37.8 Å². The number of hydrogen-bond acceptors (Lipinski definition) is 3. The highest BCUT2D eigenvalue weighted by Crippen LogP contribution is 2.31. The van der Waals surface area contributed by atoms with Crippen molar-refractivity contribution in [2.75, 3.05) is 0 Å². The van der Waals surface area contributed by atoms with Gasteiger partial charge in [0.1, 0.15) is 0 Å². The third-order valence-electron chi connectivity index (χ3n) is 2.77. The third-order valence-corrected chi connectivity index (χ3v) is 4.28. The zero-order valence-corrected chi connectivity index (χ0v) is 11.6. The van der Waals surface area contributed by atoms with Crippen molar-refractivity contribution in [2.24, 2.45) is 16.8 Å². The van der Waals surface area contributed by atoms with Gasteiger partial charge in [0.2, 0.25) is 0 Å². The molecule has 0 bridgehead atoms. The zero-order valence-electron chi connectivity index (χ0n) is 10.8. The number of benzene rings is 1. The first-order valence-corrected chi connectivity index (χ1v) is 6.59. The van der Waals surface area contributed by atoms with Gasteiger partial charge in [0.15, 0.2) is 5.84 Å². The molecule has 0 fully saturated rings. The Morgan fingerprint density at radius 2 is 2.00 bits per heavy atom. The van der Waals surface area contributed by atoms with Crippen molar-refractivity contribution in [1.29, 1.82) is 0 Å². The lowest BCUT2D eigenvalue weighted by molar-refractivity contribution is 0.318. The Balaban J connectivity index is 3.07. The fourth-order valence-electron chi connectivity index (χ4n) is 1.33. The van der Waals surface area contributed by atoms with E-state index in [1.807, 2.05) is 19.1 Å². The first-order chi connectivity index (χ1) is 7.95. The van der Waals surface area contributed by atoms with E-state index in [-0.39, 0.29) is 5.84 Å². The molecular formula is C13H20N2OS. The summed E-state index contributed by atoms with van der Waals surface area (Å²) in [5, 5.41) is 12.3. The van der Waals surface area contributed by atoms with Crippen LogP contribution in [0.5, 0.6) is 0 Å². The predicted octanol–water partition coefficient (Wildman–Crippen LogP) is 3.23. The van der Waals surface area contributed by atoms with E-state index >= 15 is 0 Å². The van der Waals surface area contributed by atoms with E-state index in [0.29, 0.717) is 11.2 Å². The fraction of sp³-hybridized carbons (Fsp3) is 0.462. The highest BCUT2D eigenvalue weighted by atomic mass is 32.2. The Morgan fingerprint density at radius 3 is 2.53 bits per heavy atom. The van der Waals surface area contributed by atoms with Gasteiger partial charge in [-0.2, -0.15) is 0 Å². The first-order valence-electron chi connectivity index (χ1n) is 5.71. The van der Waals surface area contributed by atoms with Gasteiger partial charge in [-0.1, -0.05) is 32.0 Å². The highest BCUT2D eigenvalue weighted by molar-refractivity contribution is 8.00. The standard InChI is InChI=1S/C13H20N2OS/c1-8(2)10(4)17-12-7-9(3)5-6-11(12)13(14)15-16/h5-8,10,16H,1-4H3,(H2,14,15). The molecule has 0 aliphatic rings. The lowest BCUT2D eigenvalue weighted by Gasteiger charge is -2.17. The normalized spacial score (nSPS) is 14.1. The molecule has 17 heavy (non-hydrogen) atoms. The summed E-state index contributed by atoms with van der Waals surface area (Å²) < 4.78 is 0. The number of thioether (sulfide) groups is 1. The van der Waals surface area contributed by atoms with E-state index in [9.17, 15) is 0 Å². The number of nitrogens with zero attached hydrogens (tertiary/aromatic N) is 1. The van der Waals surface area contributed by atoms with Crippen molar-refractivity contribution in [3.05, 3.63) is 29.3 Å². The summed E-state index contributed by atoms with van der Waals surface area (Å²) >= 11 is 1.76. The average molecular weight is 252 g/mol. The molecule has 0 aliphatic carbocycles. The van der Waals surface area contributed by atoms with Gasteiger partial charge in [-0.25, -0.2) is 0 Å². The van der Waals surface area contributed by atoms with Gasteiger partial charge in [-0.3, -0.25) is 0 Å². The van der Waals surface area contributed by atoms with E-state index in [0.717, 1.165) is 10.5 Å². The van der Waals surface area contributed by atoms with Crippen molar-refractivity contribution in [3.8, 4) is 0 Å². The van der Waals surface area contributed by atoms with Crippen molar-refractivity contribution >= 4 is 17.6 Å². The third kappa shape index (κ3) is 3.66. The van der Waals surface area contributed by atoms with Crippen molar-refractivity contribution < 1.29 is 5.21 Å². The average Bonchev–Trinajstić information content (AvgIpc) is 2.28. The largest absolute Gasteiger partial charge is 0.409 e. The second kappa shape index (κ2) is 5.96. The summed E-state index contributed by atoms with van der Waals surface area (Å²) in [4.78, 5) is 1.07. The molecule has 1 aromatic rings. The van der Waals surface area contributed by atoms with Gasteiger partial charge >= 0.3 is 0 Å². The van der Waals surface area contributed by atoms with Gasteiger partial charge in [0.05, 0.1) is 0 Å². The highest BCUT2D eigenvalue weighted by Gasteiger charge is 2.14. The topological polar surface area (TPSA) is 58.6 Å². The van der Waals surface area contributed by atoms with Crippen LogP contribution in [0.4, 0.5) is 0 Å². The minimum Gasteiger partial charge on any atom is -0.409 e. The van der Waals surface area contributed by atoms with Gasteiger partial charge in [0.25, 0.3) is 0 Å². The van der Waals surface area contributed by atoms with E-state index in [1.165, 1.54) is 5.56 Å². The van der Waals surface area contributed by atoms with E-state index in [2.05, 4.69) is 32.0 Å². The fourth-order valence-corrected chi connectivity index (χ4v) is 2.56. The van der Waals surface area contributed by atoms with Crippen LogP contribution in [0.3, 0.4) is 0 Å². The van der Waals surface area contributed by atoms with Gasteiger partial charge in [-0.05, 0) is 30.5 Å². The van der Waals surface area contributed by atoms with Crippen LogP contribution in [0, 0.1) is 12.8 Å². The molecular weight excluding hydrogens is 232 g/mol. The molecule has 0 heterocycles. The molecule has 0 spiro atoms. The molecule has 0 saturated carbocycles. The van der Waals surface area contributed by atoms with Crippen LogP contribution in [0.25, 0.3) is 0 Å². The van der Waals surface area contributed by atoms with Crippen LogP contribution in [0.2, 0.25) is 0 Å². The SMILES string of the molecule is Cc1ccc(/C(N)=N/O)c(SC(C)C(C)C)c1. The molecule has 4 heteroatoms. The van der Waals surface area contributed by atoms with Gasteiger partial charge < -0.3 is 10.9 Å². The van der Waals surface area contributed by atoms with Crippen molar-refractivity contribution in [1.82, 2.24) is 0 Å². The zero-order chi connectivity index (χ0) is 13.0. The van der Waals surface area contributed by atoms with E-state index < -0.39 is 0 Å². The maximum atomic E-state index is 8.78. The van der Waals surface area contributed by atoms with Gasteiger partial charge in [-0.15, -0.1) is 11.8 Å². The Bertz CT molecular complexity index is 416. The van der Waals surface area contributed by atoms with Crippen LogP contribution in [-0.2, 0) is 0 Å². The summed E-state index contributed by atoms with van der Waals surface area (Å²) in [6.07, 6.45) is 0. The number of hydrogen-bond donors (Lipinski definition) is 2. The molecule has 1 rings (SSSR count). The lowest BCUT2D eigenvalue weighted by atomic mass is 10.1. The van der Waals surface area contributed by atoms with Crippen LogP contribution in [0.1, 0.15) is 31.9 Å². The minimum atomic E-state index is 0.170. The Labute approximate surface area is 107 Å². The van der Waals surface area contributed by atoms with Crippen LogP contribution < -0.4 is 5.73 Å². The van der Waals surface area contributed by atoms with E-state index in [4.69, 9.17) is 10.9 Å². The summed E-state index contributed by atoms with van der Waals surface area (Å²) in [5.41, 5.74) is 7.66. The number of nitrogens with two attached hydrogens (primary N) is 1. The summed E-state index contributed by atoms with van der Waals surface area (Å²) in [7, 11) is 0. The monoisotopic (exact) mass is 252 g/mol. The molecule has 0 amide bonds. The van der Waals surface area contributed by atoms with Crippen LogP contribution in [-0.4, -0.2) is 16.3 Å². The lowest BCUT2D eigenvalue weighted by Crippen LogP contribution is -2.15. The number of aryl methyl sites for hydroxylation is 1. The van der Waals surface area contributed by atoms with Gasteiger partial charge in [0, 0.05) is 15.7 Å². The Morgan fingerprint density at radius 1 is 1.35 bits per heavy atom. The molecule has 1 atom stereocenters. The Hall–Kier alpha value is -1.16. The summed E-state index contributed by atoms with van der Waals surface area (Å²) in [6.45, 7) is 8.61. The summed E-state index contributed by atoms with van der Waals surface area (Å²) in [5.74, 6) is 0.754. The van der Waals surface area contributed by atoms with E-state index in [1.54, 1.807) is 11.8 Å². The second-order valence-corrected chi connectivity index (χ2v) is 5.97. The molecule has 0 saturated heterocycles. The van der Waals surface area contributed by atoms with Crippen LogP contribution >= 0.6 is 11.8 Å². The number of amidine groups is 1. The molecule has 1 unspecified atom stereocenters. The summed E-state index contributed by atoms with van der Waals surface area (Å²) in [6, 6.07) is 5.95. The molecule has 0 radical (unpaired) electrons. The maximum absolute atomic E-state index is 8.78. The maximum Gasteiger partial charge on any atom is 0.171 e. The smallest absolute Gasteiger partial charge is 0.171 e. The van der Waals surface area contributed by atoms with Crippen LogP contribution in [0.15, 0.2) is 28.3 Å². The van der Waals surface area contributed by atoms with Crippen molar-refractivity contribution in [3.63, 3.8) is 0 Å².